The van der Waals surface area contributed by atoms with Crippen molar-refractivity contribution in [3.63, 3.8) is 0 Å². The second-order valence-electron chi connectivity index (χ2n) is 6.74. The second kappa shape index (κ2) is 8.35. The van der Waals surface area contributed by atoms with Crippen molar-refractivity contribution in [2.75, 3.05) is 31.5 Å². The van der Waals surface area contributed by atoms with Gasteiger partial charge >= 0.3 is 6.03 Å². The SMILES string of the molecule is CC(c1ccc(F)cc1F)N1CCN(C(=O)Nc2ccc(C(N)=O)cc2)CC1. The van der Waals surface area contributed by atoms with E-state index >= 15 is 0 Å². The zero-order valence-corrected chi connectivity index (χ0v) is 15.5. The van der Waals surface area contributed by atoms with Crippen LogP contribution in [-0.4, -0.2) is 47.9 Å². The van der Waals surface area contributed by atoms with Crippen molar-refractivity contribution in [1.82, 2.24) is 9.80 Å². The smallest absolute Gasteiger partial charge is 0.321 e. The van der Waals surface area contributed by atoms with Gasteiger partial charge in [-0.1, -0.05) is 6.07 Å². The highest BCUT2D eigenvalue weighted by Gasteiger charge is 2.26. The first-order chi connectivity index (χ1) is 13.3. The molecule has 0 radical (unpaired) electrons. The summed E-state index contributed by atoms with van der Waals surface area (Å²) in [6.45, 7) is 3.99. The number of hydrogen-bond acceptors (Lipinski definition) is 3. The molecule has 0 bridgehead atoms. The third-order valence-corrected chi connectivity index (χ3v) is 4.98. The van der Waals surface area contributed by atoms with Crippen molar-refractivity contribution in [3.05, 3.63) is 65.2 Å². The Bertz CT molecular complexity index is 865. The lowest BCUT2D eigenvalue weighted by Gasteiger charge is -2.38. The molecule has 1 unspecified atom stereocenters. The number of amides is 3. The summed E-state index contributed by atoms with van der Waals surface area (Å²) in [5, 5.41) is 2.78. The van der Waals surface area contributed by atoms with E-state index in [9.17, 15) is 18.4 Å². The monoisotopic (exact) mass is 388 g/mol. The van der Waals surface area contributed by atoms with Gasteiger partial charge in [0.25, 0.3) is 0 Å². The Kier molecular flexibility index (Phi) is 5.89. The van der Waals surface area contributed by atoms with E-state index in [-0.39, 0.29) is 12.1 Å². The molecule has 1 atom stereocenters. The highest BCUT2D eigenvalue weighted by molar-refractivity contribution is 5.94. The van der Waals surface area contributed by atoms with Gasteiger partial charge in [-0.2, -0.15) is 0 Å². The predicted octanol–water partition coefficient (Wildman–Crippen LogP) is 2.97. The van der Waals surface area contributed by atoms with Crippen LogP contribution < -0.4 is 11.1 Å². The van der Waals surface area contributed by atoms with Crippen molar-refractivity contribution >= 4 is 17.6 Å². The first kappa shape index (κ1) is 19.8. The lowest BCUT2D eigenvalue weighted by molar-refractivity contribution is 0.100. The van der Waals surface area contributed by atoms with Crippen molar-refractivity contribution in [2.45, 2.75) is 13.0 Å². The summed E-state index contributed by atoms with van der Waals surface area (Å²) in [7, 11) is 0. The second-order valence-corrected chi connectivity index (χ2v) is 6.74. The number of nitrogens with zero attached hydrogens (tertiary/aromatic N) is 2. The molecule has 1 aliphatic rings. The van der Waals surface area contributed by atoms with Gasteiger partial charge in [0.05, 0.1) is 0 Å². The molecule has 1 fully saturated rings. The number of carbonyl (C=O) groups is 2. The molecule has 3 N–H and O–H groups in total. The molecule has 0 saturated carbocycles. The third kappa shape index (κ3) is 4.45. The summed E-state index contributed by atoms with van der Waals surface area (Å²) in [5.74, 6) is -1.69. The van der Waals surface area contributed by atoms with E-state index in [2.05, 4.69) is 10.2 Å². The van der Waals surface area contributed by atoms with Crippen molar-refractivity contribution in [2.24, 2.45) is 5.73 Å². The van der Waals surface area contributed by atoms with Gasteiger partial charge in [-0.15, -0.1) is 0 Å². The maximum absolute atomic E-state index is 14.0. The predicted molar refractivity (Wildman–Crippen MR) is 102 cm³/mol. The summed E-state index contributed by atoms with van der Waals surface area (Å²) >= 11 is 0. The van der Waals surface area contributed by atoms with Crippen LogP contribution >= 0.6 is 0 Å². The fraction of sp³-hybridized carbons (Fsp3) is 0.300. The molecule has 3 rings (SSSR count). The largest absolute Gasteiger partial charge is 0.366 e. The molecule has 2 aromatic carbocycles. The molecule has 6 nitrogen and oxygen atoms in total. The van der Waals surface area contributed by atoms with Crippen LogP contribution in [0.25, 0.3) is 0 Å². The Hall–Kier alpha value is -3.00. The lowest BCUT2D eigenvalue weighted by Crippen LogP contribution is -2.50. The molecule has 1 heterocycles. The van der Waals surface area contributed by atoms with Gasteiger partial charge in [0, 0.05) is 55.1 Å². The van der Waals surface area contributed by atoms with E-state index in [4.69, 9.17) is 5.73 Å². The normalized spacial score (nSPS) is 15.9. The zero-order chi connectivity index (χ0) is 20.3. The van der Waals surface area contributed by atoms with Crippen LogP contribution in [0.2, 0.25) is 0 Å². The fourth-order valence-electron chi connectivity index (χ4n) is 3.27. The van der Waals surface area contributed by atoms with E-state index in [0.717, 1.165) is 6.07 Å². The van der Waals surface area contributed by atoms with Gasteiger partial charge in [0.15, 0.2) is 0 Å². The van der Waals surface area contributed by atoms with Gasteiger partial charge in [-0.05, 0) is 37.3 Å². The summed E-state index contributed by atoms with van der Waals surface area (Å²) in [6, 6.07) is 9.48. The van der Waals surface area contributed by atoms with Crippen molar-refractivity contribution in [3.8, 4) is 0 Å². The first-order valence-electron chi connectivity index (χ1n) is 9.00. The van der Waals surface area contributed by atoms with E-state index in [0.29, 0.717) is 43.0 Å². The number of carbonyl (C=O) groups excluding carboxylic acids is 2. The first-order valence-corrected chi connectivity index (χ1v) is 9.00. The van der Waals surface area contributed by atoms with Crippen LogP contribution in [0.4, 0.5) is 19.3 Å². The van der Waals surface area contributed by atoms with Crippen LogP contribution in [0, 0.1) is 11.6 Å². The van der Waals surface area contributed by atoms with E-state index in [1.54, 1.807) is 29.2 Å². The lowest BCUT2D eigenvalue weighted by atomic mass is 10.1. The molecule has 2 aromatic rings. The molecule has 28 heavy (non-hydrogen) atoms. The number of anilines is 1. The number of nitrogens with one attached hydrogen (secondary N) is 1. The molecule has 148 valence electrons. The average Bonchev–Trinajstić information content (AvgIpc) is 2.68. The molecule has 0 spiro atoms. The molecule has 0 aliphatic carbocycles. The van der Waals surface area contributed by atoms with Gasteiger partial charge in [0.2, 0.25) is 5.91 Å². The molecule has 1 aliphatic heterocycles. The van der Waals surface area contributed by atoms with E-state index in [1.165, 1.54) is 12.1 Å². The number of primary amides is 1. The minimum Gasteiger partial charge on any atom is -0.366 e. The van der Waals surface area contributed by atoms with Gasteiger partial charge in [0.1, 0.15) is 11.6 Å². The number of rotatable bonds is 4. The van der Waals surface area contributed by atoms with Crippen LogP contribution in [0.15, 0.2) is 42.5 Å². The summed E-state index contributed by atoms with van der Waals surface area (Å²) < 4.78 is 27.1. The number of urea groups is 1. The quantitative estimate of drug-likeness (QED) is 0.845. The van der Waals surface area contributed by atoms with Crippen molar-refractivity contribution < 1.29 is 18.4 Å². The molecule has 0 aromatic heterocycles. The third-order valence-electron chi connectivity index (χ3n) is 4.98. The Balaban J connectivity index is 1.55. The zero-order valence-electron chi connectivity index (χ0n) is 15.5. The summed E-state index contributed by atoms with van der Waals surface area (Å²) in [6.07, 6.45) is 0. The highest BCUT2D eigenvalue weighted by atomic mass is 19.1. The number of piperazine rings is 1. The minimum absolute atomic E-state index is 0.216. The van der Waals surface area contributed by atoms with Crippen LogP contribution in [0.1, 0.15) is 28.9 Å². The number of halogens is 2. The summed E-state index contributed by atoms with van der Waals surface area (Å²) in [5.41, 5.74) is 6.57. The van der Waals surface area contributed by atoms with E-state index < -0.39 is 17.5 Å². The van der Waals surface area contributed by atoms with Crippen LogP contribution in [-0.2, 0) is 0 Å². The molecule has 3 amide bonds. The highest BCUT2D eigenvalue weighted by Crippen LogP contribution is 2.25. The maximum Gasteiger partial charge on any atom is 0.321 e. The molecular formula is C20H22F2N4O2. The van der Waals surface area contributed by atoms with E-state index in [1.807, 2.05) is 6.92 Å². The maximum atomic E-state index is 14.0. The fourth-order valence-corrected chi connectivity index (χ4v) is 3.27. The van der Waals surface area contributed by atoms with Crippen LogP contribution in [0.5, 0.6) is 0 Å². The minimum atomic E-state index is -0.598. The van der Waals surface area contributed by atoms with Gasteiger partial charge in [-0.3, -0.25) is 9.69 Å². The topological polar surface area (TPSA) is 78.7 Å². The van der Waals surface area contributed by atoms with Crippen LogP contribution in [0.3, 0.4) is 0 Å². The standard InChI is InChI=1S/C20H22F2N4O2/c1-13(17-7-4-15(21)12-18(17)22)25-8-10-26(11-9-25)20(28)24-16-5-2-14(3-6-16)19(23)27/h2-7,12-13H,8-11H2,1H3,(H2,23,27)(H,24,28). The Morgan fingerprint density at radius 3 is 2.25 bits per heavy atom. The Morgan fingerprint density at radius 1 is 1.04 bits per heavy atom. The Morgan fingerprint density at radius 2 is 1.68 bits per heavy atom. The van der Waals surface area contributed by atoms with Crippen molar-refractivity contribution in [1.29, 1.82) is 0 Å². The number of hydrogen-bond donors (Lipinski definition) is 2. The molecule has 1 saturated heterocycles. The van der Waals surface area contributed by atoms with Gasteiger partial charge in [-0.25, -0.2) is 13.6 Å². The molecule has 8 heteroatoms. The summed E-state index contributed by atoms with van der Waals surface area (Å²) in [4.78, 5) is 27.2. The molecular weight excluding hydrogens is 366 g/mol. The van der Waals surface area contributed by atoms with Gasteiger partial charge < -0.3 is 16.0 Å². The Labute approximate surface area is 161 Å². The number of nitrogens with two attached hydrogens (primary N) is 1. The number of benzene rings is 2. The average molecular weight is 388 g/mol.